The lowest BCUT2D eigenvalue weighted by atomic mass is 10.0. The molecular weight excluding hydrogens is 224 g/mol. The van der Waals surface area contributed by atoms with Gasteiger partial charge >= 0.3 is 0 Å². The highest BCUT2D eigenvalue weighted by atomic mass is 32.3. The summed E-state index contributed by atoms with van der Waals surface area (Å²) in [5.74, 6) is 1.25. The molecule has 0 saturated carbocycles. The number of rotatable bonds is 3. The maximum atomic E-state index is 2.47. The van der Waals surface area contributed by atoms with E-state index in [-0.39, 0.29) is 0 Å². The normalized spacial score (nSPS) is 13.8. The van der Waals surface area contributed by atoms with Crippen molar-refractivity contribution >= 4 is 10.0 Å². The van der Waals surface area contributed by atoms with Crippen LogP contribution in [0.1, 0.15) is 44.4 Å². The number of aryl methyl sites for hydroxylation is 2. The van der Waals surface area contributed by atoms with E-state index in [0.29, 0.717) is 4.75 Å². The molecule has 98 valence electrons. The Morgan fingerprint density at radius 3 is 2.12 bits per heavy atom. The van der Waals surface area contributed by atoms with Crippen LogP contribution in [-0.4, -0.2) is 17.3 Å². The Labute approximate surface area is 109 Å². The van der Waals surface area contributed by atoms with Crippen molar-refractivity contribution in [1.29, 1.82) is 0 Å². The smallest absolute Gasteiger partial charge is 0.00275 e. The fourth-order valence-electron chi connectivity index (χ4n) is 1.84. The molecule has 0 amide bonds. The summed E-state index contributed by atoms with van der Waals surface area (Å²) in [7, 11) is -0.600. The molecule has 1 rings (SSSR count). The van der Waals surface area contributed by atoms with Crippen LogP contribution in [0.3, 0.4) is 0 Å². The first-order chi connectivity index (χ1) is 7.67. The first kappa shape index (κ1) is 14.6. The maximum absolute atomic E-state index is 2.47. The molecule has 0 nitrogen and oxygen atoms in total. The minimum Gasteiger partial charge on any atom is -0.238 e. The van der Waals surface area contributed by atoms with Crippen molar-refractivity contribution in [2.45, 2.75) is 51.5 Å². The standard InChI is InChI=1S/C16H28S/c1-8-14-10-9-13(2)11-15(14)12-17(6,7)16(3,4)5/h9-11H,8,12H2,1-7H3. The molecule has 0 radical (unpaired) electrons. The first-order valence-corrected chi connectivity index (χ1v) is 9.08. The second-order valence-electron chi connectivity index (χ2n) is 6.42. The summed E-state index contributed by atoms with van der Waals surface area (Å²) >= 11 is 0. The third kappa shape index (κ3) is 3.51. The minimum atomic E-state index is -0.600. The van der Waals surface area contributed by atoms with Crippen molar-refractivity contribution < 1.29 is 0 Å². The van der Waals surface area contributed by atoms with Crippen LogP contribution in [0, 0.1) is 6.92 Å². The number of benzene rings is 1. The summed E-state index contributed by atoms with van der Waals surface area (Å²) in [4.78, 5) is 0. The van der Waals surface area contributed by atoms with Crippen molar-refractivity contribution in [3.8, 4) is 0 Å². The van der Waals surface area contributed by atoms with Gasteiger partial charge in [-0.05, 0) is 41.7 Å². The molecule has 17 heavy (non-hydrogen) atoms. The largest absolute Gasteiger partial charge is 0.238 e. The Bertz CT molecular complexity index is 383. The second kappa shape index (κ2) is 5.06. The average molecular weight is 252 g/mol. The molecule has 0 aliphatic carbocycles. The monoisotopic (exact) mass is 252 g/mol. The lowest BCUT2D eigenvalue weighted by Gasteiger charge is -2.45. The van der Waals surface area contributed by atoms with Crippen molar-refractivity contribution in [1.82, 2.24) is 0 Å². The fraction of sp³-hybridized carbons (Fsp3) is 0.625. The third-order valence-electron chi connectivity index (χ3n) is 3.92. The Kier molecular flexibility index (Phi) is 4.35. The summed E-state index contributed by atoms with van der Waals surface area (Å²) in [6.07, 6.45) is 6.08. The van der Waals surface area contributed by atoms with Crippen LogP contribution >= 0.6 is 10.0 Å². The van der Waals surface area contributed by atoms with Gasteiger partial charge in [-0.15, -0.1) is 0 Å². The highest BCUT2D eigenvalue weighted by Gasteiger charge is 2.28. The zero-order valence-corrected chi connectivity index (χ0v) is 13.4. The quantitative estimate of drug-likeness (QED) is 0.716. The van der Waals surface area contributed by atoms with Crippen molar-refractivity contribution in [3.63, 3.8) is 0 Å². The van der Waals surface area contributed by atoms with Crippen LogP contribution in [0.5, 0.6) is 0 Å². The molecule has 0 unspecified atom stereocenters. The molecule has 0 N–H and O–H groups in total. The van der Waals surface area contributed by atoms with E-state index in [1.165, 1.54) is 16.9 Å². The summed E-state index contributed by atoms with van der Waals surface area (Å²) in [6.45, 7) is 11.6. The molecule has 1 aromatic carbocycles. The van der Waals surface area contributed by atoms with E-state index < -0.39 is 10.0 Å². The Morgan fingerprint density at radius 1 is 1.06 bits per heavy atom. The molecule has 0 heterocycles. The van der Waals surface area contributed by atoms with Gasteiger partial charge in [0.15, 0.2) is 0 Å². The van der Waals surface area contributed by atoms with E-state index in [2.05, 4.69) is 65.3 Å². The number of hydrogen-bond acceptors (Lipinski definition) is 0. The van der Waals surface area contributed by atoms with Gasteiger partial charge in [0.1, 0.15) is 0 Å². The van der Waals surface area contributed by atoms with Gasteiger partial charge in [0.2, 0.25) is 0 Å². The zero-order valence-electron chi connectivity index (χ0n) is 12.6. The summed E-state index contributed by atoms with van der Waals surface area (Å²) in [6, 6.07) is 6.93. The number of hydrogen-bond donors (Lipinski definition) is 0. The average Bonchev–Trinajstić information content (AvgIpc) is 2.15. The van der Waals surface area contributed by atoms with Gasteiger partial charge in [-0.1, -0.05) is 51.5 Å². The lowest BCUT2D eigenvalue weighted by molar-refractivity contribution is 0.785. The van der Waals surface area contributed by atoms with Crippen LogP contribution in [0.2, 0.25) is 0 Å². The van der Waals surface area contributed by atoms with Crippen LogP contribution < -0.4 is 0 Å². The minimum absolute atomic E-state index is 0.418. The van der Waals surface area contributed by atoms with Crippen molar-refractivity contribution in [3.05, 3.63) is 34.9 Å². The van der Waals surface area contributed by atoms with E-state index in [9.17, 15) is 0 Å². The summed E-state index contributed by atoms with van der Waals surface area (Å²) in [5, 5.41) is 0. The van der Waals surface area contributed by atoms with E-state index >= 15 is 0 Å². The Hall–Kier alpha value is -0.430. The van der Waals surface area contributed by atoms with Crippen LogP contribution in [0.25, 0.3) is 0 Å². The maximum Gasteiger partial charge on any atom is 0.00275 e. The van der Waals surface area contributed by atoms with Gasteiger partial charge in [-0.3, -0.25) is 0 Å². The van der Waals surface area contributed by atoms with Crippen LogP contribution in [0.15, 0.2) is 18.2 Å². The molecule has 0 aliphatic heterocycles. The molecule has 0 aromatic heterocycles. The van der Waals surface area contributed by atoms with E-state index in [1.54, 1.807) is 5.56 Å². The molecular formula is C16H28S. The van der Waals surface area contributed by atoms with Crippen LogP contribution in [0.4, 0.5) is 0 Å². The molecule has 0 saturated heterocycles. The van der Waals surface area contributed by atoms with Crippen molar-refractivity contribution in [2.24, 2.45) is 0 Å². The van der Waals surface area contributed by atoms with E-state index in [0.717, 1.165) is 6.42 Å². The summed E-state index contributed by atoms with van der Waals surface area (Å²) < 4.78 is 0.418. The molecule has 0 bridgehead atoms. The Balaban J connectivity index is 3.06. The second-order valence-corrected chi connectivity index (χ2v) is 11.0. The van der Waals surface area contributed by atoms with Crippen molar-refractivity contribution in [2.75, 3.05) is 12.5 Å². The third-order valence-corrected chi connectivity index (χ3v) is 8.26. The molecule has 1 heteroatoms. The van der Waals surface area contributed by atoms with Gasteiger partial charge in [0, 0.05) is 5.75 Å². The van der Waals surface area contributed by atoms with Gasteiger partial charge in [-0.2, -0.15) is 0 Å². The topological polar surface area (TPSA) is 0 Å². The molecule has 0 aliphatic rings. The first-order valence-electron chi connectivity index (χ1n) is 6.46. The highest BCUT2D eigenvalue weighted by Crippen LogP contribution is 2.55. The van der Waals surface area contributed by atoms with E-state index in [1.807, 2.05) is 0 Å². The van der Waals surface area contributed by atoms with E-state index in [4.69, 9.17) is 0 Å². The molecule has 0 atom stereocenters. The summed E-state index contributed by atoms with van der Waals surface area (Å²) in [5.41, 5.74) is 4.49. The highest BCUT2D eigenvalue weighted by molar-refractivity contribution is 8.33. The van der Waals surface area contributed by atoms with Gasteiger partial charge in [-0.25, -0.2) is 10.0 Å². The Morgan fingerprint density at radius 2 is 1.65 bits per heavy atom. The SMILES string of the molecule is CCc1ccc(C)cc1CS(C)(C)C(C)(C)C. The molecule has 0 spiro atoms. The fourth-order valence-corrected chi connectivity index (χ4v) is 3.32. The predicted molar refractivity (Wildman–Crippen MR) is 83.5 cm³/mol. The van der Waals surface area contributed by atoms with Gasteiger partial charge < -0.3 is 0 Å². The molecule has 1 aromatic rings. The molecule has 0 fully saturated rings. The predicted octanol–water partition coefficient (Wildman–Crippen LogP) is 4.92. The lowest BCUT2D eigenvalue weighted by Crippen LogP contribution is -2.24. The zero-order chi connectivity index (χ0) is 13.3. The van der Waals surface area contributed by atoms with Crippen LogP contribution in [-0.2, 0) is 12.2 Å². The van der Waals surface area contributed by atoms with Gasteiger partial charge in [0.05, 0.1) is 0 Å². The van der Waals surface area contributed by atoms with Gasteiger partial charge in [0.25, 0.3) is 0 Å².